The van der Waals surface area contributed by atoms with Gasteiger partial charge in [0.15, 0.2) is 6.10 Å². The number of halogens is 5. The number of ether oxygens (including phenoxy) is 3. The first-order valence-corrected chi connectivity index (χ1v) is 8.80. The summed E-state index contributed by atoms with van der Waals surface area (Å²) in [6, 6.07) is 1.59. The minimum Gasteiger partial charge on any atom is -0.477 e. The summed E-state index contributed by atoms with van der Waals surface area (Å²) in [5.74, 6) is -10.8. The van der Waals surface area contributed by atoms with Gasteiger partial charge in [-0.05, 0) is 44.9 Å². The number of alkyl halides is 5. The van der Waals surface area contributed by atoms with Gasteiger partial charge in [-0.1, -0.05) is 13.8 Å². The number of carboxylic acids is 1. The van der Waals surface area contributed by atoms with Crippen molar-refractivity contribution in [2.75, 3.05) is 0 Å². The van der Waals surface area contributed by atoms with Gasteiger partial charge in [-0.2, -0.15) is 22.0 Å². The fourth-order valence-electron chi connectivity index (χ4n) is 2.26. The zero-order valence-corrected chi connectivity index (χ0v) is 17.2. The third kappa shape index (κ3) is 7.07. The molecule has 0 amide bonds. The first-order chi connectivity index (χ1) is 13.9. The smallest absolute Gasteiger partial charge is 0.477 e. The number of carbonyl (C=O) groups excluding carboxylic acids is 2. The van der Waals surface area contributed by atoms with Crippen LogP contribution in [0.1, 0.15) is 50.5 Å². The molecule has 0 radical (unpaired) electrons. The predicted molar refractivity (Wildman–Crippen MR) is 94.9 cm³/mol. The second kappa shape index (κ2) is 9.06. The highest BCUT2D eigenvalue weighted by molar-refractivity contribution is 5.90. The molecule has 1 rings (SSSR count). The molecular weight excluding hydrogens is 435 g/mol. The summed E-state index contributed by atoms with van der Waals surface area (Å²) >= 11 is 0. The molecule has 1 aromatic rings. The largest absolute Gasteiger partial charge is 0.514 e. The molecule has 0 aromatic heterocycles. The number of carboxylic acid groups (broad SMARTS) is 1. The molecule has 0 saturated heterocycles. The molecule has 0 saturated carbocycles. The van der Waals surface area contributed by atoms with Crippen molar-refractivity contribution in [3.05, 3.63) is 29.3 Å². The Morgan fingerprint density at radius 2 is 1.55 bits per heavy atom. The topological polar surface area (TPSA) is 99.1 Å². The molecule has 12 heteroatoms. The van der Waals surface area contributed by atoms with Crippen LogP contribution in [0.4, 0.5) is 26.7 Å². The standard InChI is InChI=1S/C19H21F5O7/c1-9(2)13(18(20,21)15(26)27)30-14(25)10-6-7-12(11(8-10)19(22,23)24)29-16(28)31-17(3,4)5/h6-9,13H,1-5H3,(H,26,27). The van der Waals surface area contributed by atoms with Gasteiger partial charge in [-0.15, -0.1) is 0 Å². The number of hydrogen-bond acceptors (Lipinski definition) is 6. The van der Waals surface area contributed by atoms with Crippen molar-refractivity contribution in [1.29, 1.82) is 0 Å². The Balaban J connectivity index is 3.26. The maximum atomic E-state index is 13.8. The van der Waals surface area contributed by atoms with Gasteiger partial charge in [0.1, 0.15) is 11.4 Å². The summed E-state index contributed by atoms with van der Waals surface area (Å²) in [6.07, 6.45) is -8.98. The number of benzene rings is 1. The first-order valence-electron chi connectivity index (χ1n) is 8.80. The van der Waals surface area contributed by atoms with Crippen LogP contribution in [0.2, 0.25) is 0 Å². The molecule has 1 N–H and O–H groups in total. The molecule has 0 spiro atoms. The van der Waals surface area contributed by atoms with Crippen LogP contribution >= 0.6 is 0 Å². The first kappa shape index (κ1) is 26.1. The van der Waals surface area contributed by atoms with E-state index in [9.17, 15) is 36.3 Å². The molecule has 1 unspecified atom stereocenters. The van der Waals surface area contributed by atoms with E-state index < -0.39 is 64.7 Å². The summed E-state index contributed by atoms with van der Waals surface area (Å²) in [7, 11) is 0. The van der Waals surface area contributed by atoms with Crippen LogP contribution in [-0.4, -0.2) is 40.8 Å². The normalized spacial score (nSPS) is 13.5. The molecule has 0 bridgehead atoms. The highest BCUT2D eigenvalue weighted by atomic mass is 19.4. The Labute approximate surface area is 174 Å². The number of esters is 1. The van der Waals surface area contributed by atoms with E-state index in [1.165, 1.54) is 20.8 Å². The van der Waals surface area contributed by atoms with Crippen LogP contribution in [0.25, 0.3) is 0 Å². The highest BCUT2D eigenvalue weighted by Gasteiger charge is 2.52. The molecule has 7 nitrogen and oxygen atoms in total. The zero-order valence-electron chi connectivity index (χ0n) is 17.2. The SMILES string of the molecule is CC(C)C(OC(=O)c1ccc(OC(=O)OC(C)(C)C)c(C(F)(F)F)c1)C(F)(F)C(=O)O. The fourth-order valence-corrected chi connectivity index (χ4v) is 2.26. The van der Waals surface area contributed by atoms with Gasteiger partial charge in [0.25, 0.3) is 0 Å². The van der Waals surface area contributed by atoms with E-state index in [4.69, 9.17) is 9.84 Å². The predicted octanol–water partition coefficient (Wildman–Crippen LogP) is 4.92. The van der Waals surface area contributed by atoms with Gasteiger partial charge in [-0.3, -0.25) is 0 Å². The van der Waals surface area contributed by atoms with E-state index in [-0.39, 0.29) is 6.07 Å². The lowest BCUT2D eigenvalue weighted by atomic mass is 10.0. The van der Waals surface area contributed by atoms with Gasteiger partial charge in [0.2, 0.25) is 0 Å². The molecule has 0 heterocycles. The summed E-state index contributed by atoms with van der Waals surface area (Å²) in [5, 5.41) is 8.65. The van der Waals surface area contributed by atoms with Gasteiger partial charge in [0, 0.05) is 0 Å². The third-order valence-electron chi connectivity index (χ3n) is 3.59. The molecule has 0 aliphatic rings. The quantitative estimate of drug-likeness (QED) is 0.369. The van der Waals surface area contributed by atoms with Crippen LogP contribution in [0.5, 0.6) is 5.75 Å². The Kier molecular flexibility index (Phi) is 7.64. The number of aliphatic carboxylic acids is 1. The second-order valence-electron chi connectivity index (χ2n) is 7.77. The molecule has 0 aliphatic carbocycles. The highest BCUT2D eigenvalue weighted by Crippen LogP contribution is 2.38. The van der Waals surface area contributed by atoms with Crippen LogP contribution in [-0.2, 0) is 20.4 Å². The van der Waals surface area contributed by atoms with E-state index in [0.717, 1.165) is 19.9 Å². The van der Waals surface area contributed by atoms with Gasteiger partial charge < -0.3 is 19.3 Å². The van der Waals surface area contributed by atoms with Crippen molar-refractivity contribution < 1.29 is 55.7 Å². The van der Waals surface area contributed by atoms with Crippen molar-refractivity contribution >= 4 is 18.1 Å². The van der Waals surface area contributed by atoms with E-state index in [1.54, 1.807) is 0 Å². The molecule has 174 valence electrons. The van der Waals surface area contributed by atoms with Crippen molar-refractivity contribution in [2.45, 2.75) is 58.4 Å². The average molecular weight is 456 g/mol. The fraction of sp³-hybridized carbons (Fsp3) is 0.526. The van der Waals surface area contributed by atoms with E-state index in [1.807, 2.05) is 0 Å². The average Bonchev–Trinajstić information content (AvgIpc) is 2.56. The van der Waals surface area contributed by atoms with Gasteiger partial charge in [0.05, 0.1) is 11.1 Å². The Morgan fingerprint density at radius 3 is 1.97 bits per heavy atom. The molecule has 31 heavy (non-hydrogen) atoms. The maximum Gasteiger partial charge on any atom is 0.514 e. The monoisotopic (exact) mass is 456 g/mol. The number of hydrogen-bond donors (Lipinski definition) is 1. The Bertz CT molecular complexity index is 841. The molecule has 1 atom stereocenters. The number of rotatable bonds is 6. The summed E-state index contributed by atoms with van der Waals surface area (Å²) in [6.45, 7) is 6.66. The van der Waals surface area contributed by atoms with Crippen LogP contribution in [0.3, 0.4) is 0 Å². The van der Waals surface area contributed by atoms with Crippen molar-refractivity contribution in [3.63, 3.8) is 0 Å². The molecule has 0 aliphatic heterocycles. The maximum absolute atomic E-state index is 13.8. The number of carbonyl (C=O) groups is 3. The van der Waals surface area contributed by atoms with Gasteiger partial charge >= 0.3 is 30.2 Å². The summed E-state index contributed by atoms with van der Waals surface area (Å²) in [4.78, 5) is 34.6. The van der Waals surface area contributed by atoms with Crippen LogP contribution < -0.4 is 4.74 Å². The summed E-state index contributed by atoms with van der Waals surface area (Å²) in [5.41, 5.74) is -3.44. The molecule has 0 fully saturated rings. The third-order valence-corrected chi connectivity index (χ3v) is 3.59. The van der Waals surface area contributed by atoms with E-state index in [2.05, 4.69) is 9.47 Å². The van der Waals surface area contributed by atoms with E-state index in [0.29, 0.717) is 6.07 Å². The van der Waals surface area contributed by atoms with Crippen molar-refractivity contribution in [2.24, 2.45) is 5.92 Å². The Hall–Kier alpha value is -2.92. The van der Waals surface area contributed by atoms with Crippen LogP contribution in [0.15, 0.2) is 18.2 Å². The summed E-state index contributed by atoms with van der Waals surface area (Å²) < 4.78 is 81.6. The molecule has 1 aromatic carbocycles. The lowest BCUT2D eigenvalue weighted by Crippen LogP contribution is -2.47. The van der Waals surface area contributed by atoms with E-state index >= 15 is 0 Å². The van der Waals surface area contributed by atoms with Crippen molar-refractivity contribution in [3.8, 4) is 5.75 Å². The van der Waals surface area contributed by atoms with Gasteiger partial charge in [-0.25, -0.2) is 14.4 Å². The van der Waals surface area contributed by atoms with Crippen molar-refractivity contribution in [1.82, 2.24) is 0 Å². The van der Waals surface area contributed by atoms with Crippen LogP contribution in [0, 0.1) is 5.92 Å². The molecular formula is C19H21F5O7. The second-order valence-corrected chi connectivity index (χ2v) is 7.77. The lowest BCUT2D eigenvalue weighted by Gasteiger charge is -2.26. The minimum absolute atomic E-state index is 0.234. The minimum atomic E-state index is -5.10. The Morgan fingerprint density at radius 1 is 1.00 bits per heavy atom. The lowest BCUT2D eigenvalue weighted by molar-refractivity contribution is -0.187. The zero-order chi connectivity index (χ0) is 24.4.